The third-order valence-corrected chi connectivity index (χ3v) is 10.2. The zero-order valence-corrected chi connectivity index (χ0v) is 19.0. The van der Waals surface area contributed by atoms with Crippen molar-refractivity contribution in [2.24, 2.45) is 0 Å². The molecule has 0 aliphatic carbocycles. The van der Waals surface area contributed by atoms with E-state index in [2.05, 4.69) is 34.1 Å². The molecule has 2 aliphatic heterocycles. The normalized spacial score (nSPS) is 25.2. The Morgan fingerprint density at radius 3 is 2.13 bits per heavy atom. The van der Waals surface area contributed by atoms with Gasteiger partial charge in [0.05, 0.1) is 21.7 Å². The lowest BCUT2D eigenvalue weighted by atomic mass is 10.1. The molecule has 166 valence electrons. The maximum Gasteiger partial charge on any atom is 0.183 e. The quantitative estimate of drug-likeness (QED) is 0.656. The van der Waals surface area contributed by atoms with E-state index in [9.17, 15) is 16.8 Å². The van der Waals surface area contributed by atoms with Crippen LogP contribution in [0, 0.1) is 0 Å². The minimum Gasteiger partial charge on any atom is -0.297 e. The maximum atomic E-state index is 13.2. The summed E-state index contributed by atoms with van der Waals surface area (Å²) in [4.78, 5) is 4.57. The van der Waals surface area contributed by atoms with Crippen LogP contribution in [0.4, 0.5) is 0 Å². The van der Waals surface area contributed by atoms with Gasteiger partial charge in [-0.25, -0.2) is 16.8 Å². The van der Waals surface area contributed by atoms with Gasteiger partial charge in [0.2, 0.25) is 0 Å². The summed E-state index contributed by atoms with van der Waals surface area (Å²) in [6, 6.07) is 17.8. The van der Waals surface area contributed by atoms with Crippen LogP contribution in [0.3, 0.4) is 0 Å². The molecule has 31 heavy (non-hydrogen) atoms. The van der Waals surface area contributed by atoms with E-state index in [1.54, 1.807) is 30.3 Å². The third kappa shape index (κ3) is 5.26. The molecule has 2 aliphatic rings. The van der Waals surface area contributed by atoms with Crippen LogP contribution in [-0.4, -0.2) is 82.2 Å². The molecule has 2 saturated heterocycles. The molecule has 0 spiro atoms. The van der Waals surface area contributed by atoms with Crippen molar-refractivity contribution in [2.75, 3.05) is 44.2 Å². The van der Waals surface area contributed by atoms with Crippen molar-refractivity contribution in [1.29, 1.82) is 0 Å². The van der Waals surface area contributed by atoms with Gasteiger partial charge in [-0.1, -0.05) is 60.7 Å². The molecular formula is C23H28N2O4S2. The molecule has 6 nitrogen and oxygen atoms in total. The van der Waals surface area contributed by atoms with Gasteiger partial charge in [-0.15, -0.1) is 0 Å². The van der Waals surface area contributed by atoms with Gasteiger partial charge in [-0.2, -0.15) is 0 Å². The van der Waals surface area contributed by atoms with E-state index in [1.807, 2.05) is 18.2 Å². The monoisotopic (exact) mass is 460 g/mol. The van der Waals surface area contributed by atoms with Crippen LogP contribution in [0.15, 0.2) is 71.6 Å². The fraction of sp³-hybridized carbons (Fsp3) is 0.391. The minimum atomic E-state index is -3.71. The van der Waals surface area contributed by atoms with Gasteiger partial charge in [0.15, 0.2) is 19.7 Å². The van der Waals surface area contributed by atoms with Gasteiger partial charge >= 0.3 is 0 Å². The first-order valence-electron chi connectivity index (χ1n) is 10.5. The van der Waals surface area contributed by atoms with Crippen molar-refractivity contribution in [3.63, 3.8) is 0 Å². The first kappa shape index (κ1) is 22.2. The summed E-state index contributed by atoms with van der Waals surface area (Å²) >= 11 is 0. The van der Waals surface area contributed by atoms with Crippen LogP contribution in [0.1, 0.15) is 5.56 Å². The van der Waals surface area contributed by atoms with E-state index >= 15 is 0 Å². The van der Waals surface area contributed by atoms with Gasteiger partial charge in [0.25, 0.3) is 0 Å². The van der Waals surface area contributed by atoms with E-state index < -0.39 is 31.0 Å². The van der Waals surface area contributed by atoms with Gasteiger partial charge in [-0.3, -0.25) is 9.80 Å². The molecule has 0 amide bonds. The van der Waals surface area contributed by atoms with E-state index in [-0.39, 0.29) is 16.4 Å². The number of sulfone groups is 2. The number of hydrogen-bond donors (Lipinski definition) is 0. The van der Waals surface area contributed by atoms with Crippen molar-refractivity contribution < 1.29 is 16.8 Å². The van der Waals surface area contributed by atoms with Crippen molar-refractivity contribution in [3.05, 3.63) is 72.3 Å². The zero-order valence-electron chi connectivity index (χ0n) is 17.4. The summed E-state index contributed by atoms with van der Waals surface area (Å²) in [6.45, 7) is 3.72. The second kappa shape index (κ2) is 9.24. The zero-order chi connectivity index (χ0) is 21.9. The van der Waals surface area contributed by atoms with E-state index in [0.29, 0.717) is 13.1 Å². The van der Waals surface area contributed by atoms with Gasteiger partial charge in [-0.05, 0) is 17.7 Å². The first-order chi connectivity index (χ1) is 14.9. The molecule has 0 aromatic heterocycles. The lowest BCUT2D eigenvalue weighted by molar-refractivity contribution is 0.113. The summed E-state index contributed by atoms with van der Waals surface area (Å²) in [5.74, 6) is -0.382. The molecular weight excluding hydrogens is 432 g/mol. The second-order valence-electron chi connectivity index (χ2n) is 8.19. The average molecular weight is 461 g/mol. The predicted octanol–water partition coefficient (Wildman–Crippen LogP) is 1.96. The molecule has 2 heterocycles. The molecule has 0 bridgehead atoms. The largest absolute Gasteiger partial charge is 0.297 e. The van der Waals surface area contributed by atoms with E-state index in [1.165, 1.54) is 0 Å². The highest BCUT2D eigenvalue weighted by Gasteiger charge is 2.48. The van der Waals surface area contributed by atoms with Crippen LogP contribution >= 0.6 is 0 Å². The Hall–Kier alpha value is -2.00. The standard InChI is InChI=1S/C23H28N2O4S2/c26-30(27)18-22(23(19-30)31(28,29)21-11-5-2-6-12-21)25-16-14-24(15-17-25)13-7-10-20-8-3-1-4-9-20/h1-12,22-23H,13-19H2/b10-7+/t22-,23-/m0/s1. The number of piperazine rings is 1. The van der Waals surface area contributed by atoms with Crippen LogP contribution in [-0.2, 0) is 19.7 Å². The van der Waals surface area contributed by atoms with Crippen molar-refractivity contribution in [2.45, 2.75) is 16.2 Å². The summed E-state index contributed by atoms with van der Waals surface area (Å²) in [5, 5.41) is -0.913. The fourth-order valence-electron chi connectivity index (χ4n) is 4.40. The molecule has 2 atom stereocenters. The van der Waals surface area contributed by atoms with Crippen molar-refractivity contribution in [3.8, 4) is 0 Å². The number of nitrogens with zero attached hydrogens (tertiary/aromatic N) is 2. The molecule has 2 aromatic rings. The number of hydrogen-bond acceptors (Lipinski definition) is 6. The van der Waals surface area contributed by atoms with Gasteiger partial charge < -0.3 is 0 Å². The van der Waals surface area contributed by atoms with E-state index in [0.717, 1.165) is 25.2 Å². The third-order valence-electron chi connectivity index (χ3n) is 6.09. The highest BCUT2D eigenvalue weighted by atomic mass is 32.2. The Bertz CT molecular complexity index is 1110. The number of benzene rings is 2. The summed E-state index contributed by atoms with van der Waals surface area (Å²) in [5.41, 5.74) is 1.16. The summed E-state index contributed by atoms with van der Waals surface area (Å²) < 4.78 is 51.2. The van der Waals surface area contributed by atoms with Crippen LogP contribution < -0.4 is 0 Å². The van der Waals surface area contributed by atoms with Crippen molar-refractivity contribution >= 4 is 25.8 Å². The molecule has 0 radical (unpaired) electrons. The average Bonchev–Trinajstić information content (AvgIpc) is 3.12. The second-order valence-corrected chi connectivity index (χ2v) is 12.5. The Morgan fingerprint density at radius 2 is 1.48 bits per heavy atom. The molecule has 2 aromatic carbocycles. The molecule has 0 unspecified atom stereocenters. The first-order valence-corrected chi connectivity index (χ1v) is 13.9. The van der Waals surface area contributed by atoms with Crippen LogP contribution in [0.25, 0.3) is 6.08 Å². The lowest BCUT2D eigenvalue weighted by Gasteiger charge is -2.39. The minimum absolute atomic E-state index is 0.0857. The number of rotatable bonds is 6. The SMILES string of the molecule is O=S1(=O)C[C@H](N2CCN(C/C=C/c3ccccc3)CC2)[C@@H](S(=O)(=O)c2ccccc2)C1. The maximum absolute atomic E-state index is 13.2. The molecule has 0 saturated carbocycles. The topological polar surface area (TPSA) is 74.8 Å². The predicted molar refractivity (Wildman–Crippen MR) is 123 cm³/mol. The van der Waals surface area contributed by atoms with E-state index in [4.69, 9.17) is 0 Å². The summed E-state index contributed by atoms with van der Waals surface area (Å²) in [6.07, 6.45) is 4.23. The Balaban J connectivity index is 1.41. The van der Waals surface area contributed by atoms with Crippen molar-refractivity contribution in [1.82, 2.24) is 9.80 Å². The van der Waals surface area contributed by atoms with Gasteiger partial charge in [0, 0.05) is 38.8 Å². The smallest absolute Gasteiger partial charge is 0.183 e. The fourth-order valence-corrected chi connectivity index (χ4v) is 9.25. The Morgan fingerprint density at radius 1 is 0.871 bits per heavy atom. The lowest BCUT2D eigenvalue weighted by Crippen LogP contribution is -2.54. The molecule has 4 rings (SSSR count). The molecule has 2 fully saturated rings. The highest BCUT2D eigenvalue weighted by Crippen LogP contribution is 2.29. The van der Waals surface area contributed by atoms with Crippen LogP contribution in [0.2, 0.25) is 0 Å². The summed E-state index contributed by atoms with van der Waals surface area (Å²) in [7, 11) is -7.10. The Labute approximate surface area is 185 Å². The van der Waals surface area contributed by atoms with Gasteiger partial charge in [0.1, 0.15) is 0 Å². The Kier molecular flexibility index (Phi) is 6.62. The molecule has 8 heteroatoms. The highest BCUT2D eigenvalue weighted by molar-refractivity contribution is 7.96. The van der Waals surface area contributed by atoms with Crippen LogP contribution in [0.5, 0.6) is 0 Å². The molecule has 0 N–H and O–H groups in total.